The number of alkyl halides is 2. The van der Waals surface area contributed by atoms with E-state index in [4.69, 9.17) is 0 Å². The van der Waals surface area contributed by atoms with Gasteiger partial charge >= 0.3 is 0 Å². The molecule has 3 nitrogen and oxygen atoms in total. The van der Waals surface area contributed by atoms with Crippen molar-refractivity contribution in [2.24, 2.45) is 0 Å². The van der Waals surface area contributed by atoms with Crippen molar-refractivity contribution in [3.05, 3.63) is 17.5 Å². The van der Waals surface area contributed by atoms with Crippen molar-refractivity contribution in [2.75, 3.05) is 0 Å². The van der Waals surface area contributed by atoms with Gasteiger partial charge in [-0.05, 0) is 25.7 Å². The van der Waals surface area contributed by atoms with Gasteiger partial charge in [0, 0.05) is 18.2 Å². The Morgan fingerprint density at radius 3 is 2.45 bits per heavy atom. The van der Waals surface area contributed by atoms with Crippen molar-refractivity contribution in [3.63, 3.8) is 0 Å². The molecular weight excluding hydrogens is 260 g/mol. The maximum absolute atomic E-state index is 13.4. The standard InChI is InChI=1S/C15H23F2N3/c16-15(17)14-11(9-18-12-7-8-12)10-19-20(14)13-5-3-1-2-4-6-13/h10,12-13,15,18H,1-9H2. The van der Waals surface area contributed by atoms with Crippen molar-refractivity contribution in [1.82, 2.24) is 15.1 Å². The highest BCUT2D eigenvalue weighted by Crippen LogP contribution is 2.32. The summed E-state index contributed by atoms with van der Waals surface area (Å²) in [7, 11) is 0. The van der Waals surface area contributed by atoms with Crippen LogP contribution in [-0.2, 0) is 6.54 Å². The van der Waals surface area contributed by atoms with Crippen LogP contribution in [0.3, 0.4) is 0 Å². The molecule has 2 aliphatic carbocycles. The van der Waals surface area contributed by atoms with Gasteiger partial charge < -0.3 is 5.32 Å². The lowest BCUT2D eigenvalue weighted by molar-refractivity contribution is 0.133. The van der Waals surface area contributed by atoms with Crippen LogP contribution < -0.4 is 5.32 Å². The molecule has 0 saturated heterocycles. The van der Waals surface area contributed by atoms with Gasteiger partial charge in [0.1, 0.15) is 5.69 Å². The molecule has 0 unspecified atom stereocenters. The second-order valence-corrected chi connectivity index (χ2v) is 6.10. The van der Waals surface area contributed by atoms with Crippen LogP contribution in [0, 0.1) is 0 Å². The number of hydrogen-bond acceptors (Lipinski definition) is 2. The molecule has 112 valence electrons. The lowest BCUT2D eigenvalue weighted by atomic mass is 10.1. The van der Waals surface area contributed by atoms with Crippen LogP contribution in [0.15, 0.2) is 6.20 Å². The second-order valence-electron chi connectivity index (χ2n) is 6.10. The first-order chi connectivity index (χ1) is 9.75. The summed E-state index contributed by atoms with van der Waals surface area (Å²) in [6, 6.07) is 0.693. The summed E-state index contributed by atoms with van der Waals surface area (Å²) in [6.07, 6.45) is 8.20. The van der Waals surface area contributed by atoms with E-state index in [0.717, 1.165) is 25.7 Å². The number of hydrogen-bond donors (Lipinski definition) is 1. The molecule has 1 N–H and O–H groups in total. The van der Waals surface area contributed by atoms with Gasteiger partial charge in [-0.2, -0.15) is 5.10 Å². The first kappa shape index (κ1) is 14.0. The normalized spacial score (nSPS) is 21.4. The molecule has 0 bridgehead atoms. The number of rotatable bonds is 5. The van der Waals surface area contributed by atoms with E-state index in [1.807, 2.05) is 0 Å². The van der Waals surface area contributed by atoms with Crippen molar-refractivity contribution in [3.8, 4) is 0 Å². The number of nitrogens with zero attached hydrogens (tertiary/aromatic N) is 2. The molecule has 5 heteroatoms. The molecule has 0 amide bonds. The Labute approximate surface area is 118 Å². The highest BCUT2D eigenvalue weighted by molar-refractivity contribution is 5.20. The quantitative estimate of drug-likeness (QED) is 0.829. The Balaban J connectivity index is 1.77. The third-order valence-corrected chi connectivity index (χ3v) is 4.45. The fourth-order valence-corrected chi connectivity index (χ4v) is 3.12. The minimum atomic E-state index is -2.43. The maximum atomic E-state index is 13.4. The van der Waals surface area contributed by atoms with Gasteiger partial charge in [0.2, 0.25) is 0 Å². The fraction of sp³-hybridized carbons (Fsp3) is 0.800. The third kappa shape index (κ3) is 3.19. The van der Waals surface area contributed by atoms with Gasteiger partial charge in [0.05, 0.1) is 12.2 Å². The minimum Gasteiger partial charge on any atom is -0.310 e. The van der Waals surface area contributed by atoms with Crippen LogP contribution in [0.2, 0.25) is 0 Å². The van der Waals surface area contributed by atoms with E-state index in [9.17, 15) is 8.78 Å². The smallest absolute Gasteiger partial charge is 0.280 e. The summed E-state index contributed by atoms with van der Waals surface area (Å²) in [4.78, 5) is 0. The van der Waals surface area contributed by atoms with Gasteiger partial charge in [-0.15, -0.1) is 0 Å². The Hall–Kier alpha value is -0.970. The summed E-state index contributed by atoms with van der Waals surface area (Å²) in [6.45, 7) is 0.525. The van der Waals surface area contributed by atoms with Gasteiger partial charge in [-0.3, -0.25) is 4.68 Å². The zero-order valence-corrected chi connectivity index (χ0v) is 11.8. The largest absolute Gasteiger partial charge is 0.310 e. The summed E-state index contributed by atoms with van der Waals surface area (Å²) in [5.74, 6) is 0. The molecule has 1 aromatic heterocycles. The van der Waals surface area contributed by atoms with E-state index in [1.165, 1.54) is 25.7 Å². The second kappa shape index (κ2) is 6.20. The van der Waals surface area contributed by atoms with Crippen LogP contribution in [0.25, 0.3) is 0 Å². The molecular formula is C15H23F2N3. The number of nitrogens with one attached hydrogen (secondary N) is 1. The molecule has 3 rings (SSSR count). The van der Waals surface area contributed by atoms with E-state index in [0.29, 0.717) is 18.2 Å². The summed E-state index contributed by atoms with van der Waals surface area (Å²) >= 11 is 0. The zero-order valence-electron chi connectivity index (χ0n) is 11.8. The molecule has 2 aliphatic rings. The molecule has 0 atom stereocenters. The molecule has 2 fully saturated rings. The fourth-order valence-electron chi connectivity index (χ4n) is 3.12. The van der Waals surface area contributed by atoms with Gasteiger partial charge in [0.25, 0.3) is 6.43 Å². The van der Waals surface area contributed by atoms with Crippen LogP contribution in [0.4, 0.5) is 8.78 Å². The Morgan fingerprint density at radius 1 is 1.15 bits per heavy atom. The average molecular weight is 283 g/mol. The van der Waals surface area contributed by atoms with Gasteiger partial charge in [-0.1, -0.05) is 25.7 Å². The summed E-state index contributed by atoms with van der Waals surface area (Å²) in [5, 5.41) is 7.61. The van der Waals surface area contributed by atoms with Crippen molar-refractivity contribution in [2.45, 2.75) is 76.4 Å². The highest BCUT2D eigenvalue weighted by Gasteiger charge is 2.27. The average Bonchev–Trinajstić information content (AvgIpc) is 3.20. The molecule has 2 saturated carbocycles. The van der Waals surface area contributed by atoms with E-state index in [2.05, 4.69) is 10.4 Å². The van der Waals surface area contributed by atoms with Gasteiger partial charge in [-0.25, -0.2) is 8.78 Å². The van der Waals surface area contributed by atoms with E-state index in [-0.39, 0.29) is 11.7 Å². The first-order valence-electron chi connectivity index (χ1n) is 7.83. The minimum absolute atomic E-state index is 0.144. The SMILES string of the molecule is FC(F)c1c(CNC2CC2)cnn1C1CCCCCC1. The van der Waals surface area contributed by atoms with Crippen LogP contribution in [0.1, 0.15) is 75.1 Å². The Kier molecular flexibility index (Phi) is 4.34. The Morgan fingerprint density at radius 2 is 1.85 bits per heavy atom. The Bertz CT molecular complexity index is 432. The van der Waals surface area contributed by atoms with Crippen molar-refractivity contribution in [1.29, 1.82) is 0 Å². The topological polar surface area (TPSA) is 29.9 Å². The van der Waals surface area contributed by atoms with Gasteiger partial charge in [0.15, 0.2) is 0 Å². The predicted molar refractivity (Wildman–Crippen MR) is 73.8 cm³/mol. The molecule has 0 aromatic carbocycles. The van der Waals surface area contributed by atoms with Crippen molar-refractivity contribution < 1.29 is 8.78 Å². The van der Waals surface area contributed by atoms with Crippen LogP contribution >= 0.6 is 0 Å². The lowest BCUT2D eigenvalue weighted by Crippen LogP contribution is -2.18. The van der Waals surface area contributed by atoms with E-state index in [1.54, 1.807) is 10.9 Å². The molecule has 20 heavy (non-hydrogen) atoms. The highest BCUT2D eigenvalue weighted by atomic mass is 19.3. The van der Waals surface area contributed by atoms with Crippen LogP contribution in [0.5, 0.6) is 0 Å². The zero-order chi connectivity index (χ0) is 13.9. The maximum Gasteiger partial charge on any atom is 0.280 e. The summed E-state index contributed by atoms with van der Waals surface area (Å²) < 4.78 is 28.5. The van der Waals surface area contributed by atoms with E-state index < -0.39 is 6.43 Å². The predicted octanol–water partition coefficient (Wildman–Crippen LogP) is 3.97. The van der Waals surface area contributed by atoms with Crippen molar-refractivity contribution >= 4 is 0 Å². The number of aromatic nitrogens is 2. The molecule has 0 radical (unpaired) electrons. The lowest BCUT2D eigenvalue weighted by Gasteiger charge is -2.18. The summed E-state index contributed by atoms with van der Waals surface area (Å²) in [5.41, 5.74) is 0.821. The monoisotopic (exact) mass is 283 g/mol. The molecule has 1 aromatic rings. The van der Waals surface area contributed by atoms with E-state index >= 15 is 0 Å². The number of halogens is 2. The third-order valence-electron chi connectivity index (χ3n) is 4.45. The molecule has 0 spiro atoms. The molecule has 0 aliphatic heterocycles. The van der Waals surface area contributed by atoms with Crippen LogP contribution in [-0.4, -0.2) is 15.8 Å². The first-order valence-corrected chi connectivity index (χ1v) is 7.83. The molecule has 1 heterocycles.